The minimum atomic E-state index is -4.50. The molecule has 0 bridgehead atoms. The summed E-state index contributed by atoms with van der Waals surface area (Å²) in [6.07, 6.45) is -3.39. The smallest absolute Gasteiger partial charge is 0.398 e. The van der Waals surface area contributed by atoms with Gasteiger partial charge in [0, 0.05) is 22.7 Å². The van der Waals surface area contributed by atoms with Gasteiger partial charge in [-0.15, -0.1) is 11.3 Å². The largest absolute Gasteiger partial charge is 0.427 e. The number of fused-ring (bicyclic) bond motifs is 1. The fraction of sp³-hybridized carbons (Fsp3) is 0.190. The van der Waals surface area contributed by atoms with Crippen molar-refractivity contribution in [3.63, 3.8) is 0 Å². The standard InChI is InChI=1S/C21H17ClF3N5OS/c22-12-3-1-11(2-4-12)10-30-18(5-6-26)29-16-8-13(15(27)7-14(16)20(30)31)19-28-9-17(32-19)21(23,24)25/h1-4,7-9H,5-6,10,26-27H2. The molecule has 2 heterocycles. The number of alkyl halides is 3. The molecule has 0 amide bonds. The number of halogens is 4. The highest BCUT2D eigenvalue weighted by molar-refractivity contribution is 7.15. The Kier molecular flexibility index (Phi) is 5.93. The second-order valence-corrected chi connectivity index (χ2v) is 8.54. The first-order valence-corrected chi connectivity index (χ1v) is 10.7. The summed E-state index contributed by atoms with van der Waals surface area (Å²) in [5, 5.41) is 0.939. The maximum Gasteiger partial charge on any atom is 0.427 e. The van der Waals surface area contributed by atoms with Gasteiger partial charge in [-0.05, 0) is 36.4 Å². The third-order valence-electron chi connectivity index (χ3n) is 4.84. The van der Waals surface area contributed by atoms with Crippen molar-refractivity contribution in [2.45, 2.75) is 19.1 Å². The fourth-order valence-corrected chi connectivity index (χ4v) is 4.25. The Hall–Kier alpha value is -2.95. The van der Waals surface area contributed by atoms with Crippen LogP contribution in [0, 0.1) is 0 Å². The van der Waals surface area contributed by atoms with Crippen molar-refractivity contribution in [2.75, 3.05) is 12.3 Å². The molecule has 4 rings (SSSR count). The monoisotopic (exact) mass is 479 g/mol. The van der Waals surface area contributed by atoms with E-state index in [1.54, 1.807) is 12.1 Å². The van der Waals surface area contributed by atoms with Crippen LogP contribution in [0.3, 0.4) is 0 Å². The summed E-state index contributed by atoms with van der Waals surface area (Å²) in [6, 6.07) is 10.0. The molecule has 32 heavy (non-hydrogen) atoms. The zero-order chi connectivity index (χ0) is 23.0. The van der Waals surface area contributed by atoms with E-state index in [4.69, 9.17) is 23.1 Å². The Morgan fingerprint density at radius 2 is 1.88 bits per heavy atom. The minimum absolute atomic E-state index is 0.101. The summed E-state index contributed by atoms with van der Waals surface area (Å²) < 4.78 is 40.4. The zero-order valence-corrected chi connectivity index (χ0v) is 18.1. The summed E-state index contributed by atoms with van der Waals surface area (Å²) in [4.78, 5) is 20.9. The molecule has 0 saturated heterocycles. The average molecular weight is 480 g/mol. The zero-order valence-electron chi connectivity index (χ0n) is 16.5. The average Bonchev–Trinajstić information content (AvgIpc) is 3.23. The van der Waals surface area contributed by atoms with Crippen LogP contribution >= 0.6 is 22.9 Å². The van der Waals surface area contributed by atoms with Crippen LogP contribution in [0.2, 0.25) is 5.02 Å². The topological polar surface area (TPSA) is 99.8 Å². The molecule has 11 heteroatoms. The lowest BCUT2D eigenvalue weighted by atomic mass is 10.1. The summed E-state index contributed by atoms with van der Waals surface area (Å²) in [5.41, 5.74) is 13.1. The van der Waals surface area contributed by atoms with Crippen LogP contribution in [-0.2, 0) is 19.1 Å². The molecule has 2 aromatic carbocycles. The molecule has 4 N–H and O–H groups in total. The van der Waals surface area contributed by atoms with Gasteiger partial charge in [-0.1, -0.05) is 23.7 Å². The number of nitrogen functional groups attached to an aromatic ring is 1. The van der Waals surface area contributed by atoms with Crippen molar-refractivity contribution >= 4 is 39.5 Å². The highest BCUT2D eigenvalue weighted by Crippen LogP contribution is 2.38. The van der Waals surface area contributed by atoms with Crippen LogP contribution in [0.5, 0.6) is 0 Å². The first kappa shape index (κ1) is 22.3. The van der Waals surface area contributed by atoms with Gasteiger partial charge in [-0.25, -0.2) is 9.97 Å². The highest BCUT2D eigenvalue weighted by Gasteiger charge is 2.33. The van der Waals surface area contributed by atoms with Crippen LogP contribution < -0.4 is 17.0 Å². The van der Waals surface area contributed by atoms with Crippen molar-refractivity contribution in [2.24, 2.45) is 5.73 Å². The van der Waals surface area contributed by atoms with Crippen molar-refractivity contribution in [3.05, 3.63) is 74.2 Å². The Morgan fingerprint density at radius 3 is 2.50 bits per heavy atom. The van der Waals surface area contributed by atoms with Crippen LogP contribution in [0.15, 0.2) is 47.4 Å². The molecule has 0 aliphatic rings. The first-order chi connectivity index (χ1) is 15.2. The fourth-order valence-electron chi connectivity index (χ4n) is 3.30. The quantitative estimate of drug-likeness (QED) is 0.415. The molecule has 0 spiro atoms. The van der Waals surface area contributed by atoms with Gasteiger partial charge in [0.25, 0.3) is 5.56 Å². The SMILES string of the molecule is NCCc1nc2cc(-c3ncc(C(F)(F)F)s3)c(N)cc2c(=O)n1Cc1ccc(Cl)cc1. The summed E-state index contributed by atoms with van der Waals surface area (Å²) in [5.74, 6) is 0.464. The predicted octanol–water partition coefficient (Wildman–Crippen LogP) is 4.32. The second kappa shape index (κ2) is 8.53. The highest BCUT2D eigenvalue weighted by atomic mass is 35.5. The van der Waals surface area contributed by atoms with Crippen LogP contribution in [0.4, 0.5) is 18.9 Å². The van der Waals surface area contributed by atoms with Gasteiger partial charge in [0.05, 0.1) is 23.6 Å². The normalized spacial score (nSPS) is 11.9. The van der Waals surface area contributed by atoms with E-state index in [1.165, 1.54) is 16.7 Å². The lowest BCUT2D eigenvalue weighted by Gasteiger charge is -2.14. The molecule has 0 aliphatic heterocycles. The number of rotatable bonds is 5. The number of benzene rings is 2. The Bertz CT molecular complexity index is 1350. The van der Waals surface area contributed by atoms with Gasteiger partial charge < -0.3 is 11.5 Å². The van der Waals surface area contributed by atoms with Gasteiger partial charge in [-0.3, -0.25) is 9.36 Å². The van der Waals surface area contributed by atoms with Gasteiger partial charge in [0.1, 0.15) is 15.7 Å². The van der Waals surface area contributed by atoms with Crippen molar-refractivity contribution in [1.82, 2.24) is 14.5 Å². The number of hydrogen-bond acceptors (Lipinski definition) is 6. The summed E-state index contributed by atoms with van der Waals surface area (Å²) in [7, 11) is 0. The Balaban J connectivity index is 1.84. The predicted molar refractivity (Wildman–Crippen MR) is 120 cm³/mol. The summed E-state index contributed by atoms with van der Waals surface area (Å²) in [6.45, 7) is 0.527. The van der Waals surface area contributed by atoms with E-state index >= 15 is 0 Å². The Labute approximate surface area is 189 Å². The first-order valence-electron chi connectivity index (χ1n) is 9.48. The van der Waals surface area contributed by atoms with E-state index < -0.39 is 11.1 Å². The van der Waals surface area contributed by atoms with Gasteiger partial charge in [0.2, 0.25) is 0 Å². The third-order valence-corrected chi connectivity index (χ3v) is 6.17. The van der Waals surface area contributed by atoms with Crippen LogP contribution in [0.25, 0.3) is 21.5 Å². The van der Waals surface area contributed by atoms with Gasteiger partial charge >= 0.3 is 6.18 Å². The third kappa shape index (κ3) is 4.34. The van der Waals surface area contributed by atoms with Gasteiger partial charge in [-0.2, -0.15) is 13.2 Å². The van der Waals surface area contributed by atoms with Crippen molar-refractivity contribution in [3.8, 4) is 10.6 Å². The maximum atomic E-state index is 13.3. The number of hydrogen-bond donors (Lipinski definition) is 2. The van der Waals surface area contributed by atoms with E-state index in [0.29, 0.717) is 39.7 Å². The molecule has 0 fully saturated rings. The molecule has 0 radical (unpaired) electrons. The number of thiazole rings is 1. The minimum Gasteiger partial charge on any atom is -0.398 e. The van der Waals surface area contributed by atoms with Crippen LogP contribution in [-0.4, -0.2) is 21.1 Å². The Morgan fingerprint density at radius 1 is 1.16 bits per heavy atom. The number of anilines is 1. The van der Waals surface area contributed by atoms with Gasteiger partial charge in [0.15, 0.2) is 0 Å². The van der Waals surface area contributed by atoms with E-state index in [2.05, 4.69) is 9.97 Å². The molecule has 0 saturated carbocycles. The lowest BCUT2D eigenvalue weighted by molar-refractivity contribution is -0.134. The molecule has 4 aromatic rings. The second-order valence-electron chi connectivity index (χ2n) is 7.07. The van der Waals surface area contributed by atoms with Crippen molar-refractivity contribution < 1.29 is 13.2 Å². The molecule has 166 valence electrons. The van der Waals surface area contributed by atoms with Crippen molar-refractivity contribution in [1.29, 1.82) is 0 Å². The number of nitrogens with two attached hydrogens (primary N) is 2. The molecule has 0 unspecified atom stereocenters. The van der Waals surface area contributed by atoms with E-state index in [9.17, 15) is 18.0 Å². The maximum absolute atomic E-state index is 13.3. The molecule has 0 atom stereocenters. The lowest BCUT2D eigenvalue weighted by Crippen LogP contribution is -2.27. The molecular formula is C21H17ClF3N5OS. The number of nitrogens with zero attached hydrogens (tertiary/aromatic N) is 3. The molecule has 0 aliphatic carbocycles. The molecular weight excluding hydrogens is 463 g/mol. The summed E-state index contributed by atoms with van der Waals surface area (Å²) >= 11 is 6.42. The molecule has 6 nitrogen and oxygen atoms in total. The van der Waals surface area contributed by atoms with E-state index in [0.717, 1.165) is 11.8 Å². The van der Waals surface area contributed by atoms with E-state index in [1.807, 2.05) is 12.1 Å². The molecule has 2 aromatic heterocycles. The van der Waals surface area contributed by atoms with Crippen LogP contribution in [0.1, 0.15) is 16.3 Å². The number of aromatic nitrogens is 3. The van der Waals surface area contributed by atoms with E-state index in [-0.39, 0.29) is 34.7 Å².